The molecule has 1 amide bonds. The summed E-state index contributed by atoms with van der Waals surface area (Å²) in [7, 11) is 0. The van der Waals surface area contributed by atoms with Gasteiger partial charge in [0, 0.05) is 12.7 Å². The molecule has 1 N–H and O–H groups in total. The first kappa shape index (κ1) is 9.51. The number of nitrogens with zero attached hydrogens (tertiary/aromatic N) is 2. The number of nitrogens with one attached hydrogen (secondary N) is 1. The van der Waals surface area contributed by atoms with Crippen LogP contribution in [0.1, 0.15) is 5.69 Å². The summed E-state index contributed by atoms with van der Waals surface area (Å²) in [5, 5.41) is 6.76. The number of aromatic nitrogens is 2. The Morgan fingerprint density at radius 3 is 3.15 bits per heavy atom. The Labute approximate surface area is 77.3 Å². The topological polar surface area (TPSA) is 46.9 Å². The summed E-state index contributed by atoms with van der Waals surface area (Å²) in [5.41, 5.74) is 0.913. The van der Waals surface area contributed by atoms with Crippen molar-refractivity contribution >= 4 is 5.91 Å². The van der Waals surface area contributed by atoms with Crippen molar-refractivity contribution in [2.45, 2.75) is 13.5 Å². The molecule has 0 fully saturated rings. The summed E-state index contributed by atoms with van der Waals surface area (Å²) in [6, 6.07) is 1.86. The standard InChI is InChI=1S/C9H13N3O/c1-3-5-10-9(13)7-12-6-4-8(2)11-12/h3-4,6H,1,5,7H2,2H3,(H,10,13). The average Bonchev–Trinajstić information content (AvgIpc) is 2.48. The summed E-state index contributed by atoms with van der Waals surface area (Å²) in [6.45, 7) is 6.16. The van der Waals surface area contributed by atoms with Crippen LogP contribution in [0, 0.1) is 6.92 Å². The van der Waals surface area contributed by atoms with Crippen LogP contribution in [-0.4, -0.2) is 22.2 Å². The molecule has 1 aromatic rings. The van der Waals surface area contributed by atoms with Gasteiger partial charge in [-0.3, -0.25) is 9.48 Å². The van der Waals surface area contributed by atoms with Crippen LogP contribution in [0.25, 0.3) is 0 Å². The van der Waals surface area contributed by atoms with Gasteiger partial charge in [0.15, 0.2) is 0 Å². The highest BCUT2D eigenvalue weighted by Gasteiger charge is 2.00. The minimum Gasteiger partial charge on any atom is -0.351 e. The van der Waals surface area contributed by atoms with Crippen molar-refractivity contribution in [3.63, 3.8) is 0 Å². The molecule has 4 heteroatoms. The zero-order chi connectivity index (χ0) is 9.68. The van der Waals surface area contributed by atoms with Crippen molar-refractivity contribution in [2.75, 3.05) is 6.54 Å². The van der Waals surface area contributed by atoms with E-state index in [4.69, 9.17) is 0 Å². The van der Waals surface area contributed by atoms with Gasteiger partial charge in [-0.05, 0) is 13.0 Å². The fraction of sp³-hybridized carbons (Fsp3) is 0.333. The summed E-state index contributed by atoms with van der Waals surface area (Å²) < 4.78 is 1.60. The number of amides is 1. The Morgan fingerprint density at radius 2 is 2.62 bits per heavy atom. The molecular weight excluding hydrogens is 166 g/mol. The van der Waals surface area contributed by atoms with Crippen molar-refractivity contribution in [2.24, 2.45) is 0 Å². The van der Waals surface area contributed by atoms with Crippen molar-refractivity contribution in [3.05, 3.63) is 30.6 Å². The van der Waals surface area contributed by atoms with Crippen molar-refractivity contribution in [1.29, 1.82) is 0 Å². The van der Waals surface area contributed by atoms with E-state index in [0.29, 0.717) is 6.54 Å². The molecule has 0 atom stereocenters. The molecule has 0 aromatic carbocycles. The fourth-order valence-electron chi connectivity index (χ4n) is 0.940. The third-order valence-corrected chi connectivity index (χ3v) is 1.52. The second kappa shape index (κ2) is 4.45. The van der Waals surface area contributed by atoms with Gasteiger partial charge in [0.2, 0.25) is 5.91 Å². The van der Waals surface area contributed by atoms with Crippen LogP contribution in [0.4, 0.5) is 0 Å². The summed E-state index contributed by atoms with van der Waals surface area (Å²) >= 11 is 0. The highest BCUT2D eigenvalue weighted by molar-refractivity contribution is 5.75. The molecule has 0 saturated heterocycles. The zero-order valence-electron chi connectivity index (χ0n) is 7.66. The van der Waals surface area contributed by atoms with Gasteiger partial charge < -0.3 is 5.32 Å². The van der Waals surface area contributed by atoms with Crippen LogP contribution in [-0.2, 0) is 11.3 Å². The molecule has 1 aromatic heterocycles. The third-order valence-electron chi connectivity index (χ3n) is 1.52. The number of carbonyl (C=O) groups is 1. The second-order valence-corrected chi connectivity index (χ2v) is 2.75. The van der Waals surface area contributed by atoms with Crippen LogP contribution >= 0.6 is 0 Å². The lowest BCUT2D eigenvalue weighted by atomic mass is 10.5. The normalized spacial score (nSPS) is 9.62. The molecule has 0 spiro atoms. The van der Waals surface area contributed by atoms with E-state index in [2.05, 4.69) is 17.0 Å². The van der Waals surface area contributed by atoms with Gasteiger partial charge in [0.25, 0.3) is 0 Å². The first-order valence-corrected chi connectivity index (χ1v) is 4.10. The van der Waals surface area contributed by atoms with Gasteiger partial charge in [-0.15, -0.1) is 6.58 Å². The molecule has 70 valence electrons. The lowest BCUT2D eigenvalue weighted by Gasteiger charge is -2.01. The first-order chi connectivity index (χ1) is 6.22. The maximum atomic E-state index is 11.2. The largest absolute Gasteiger partial charge is 0.351 e. The Hall–Kier alpha value is -1.58. The van der Waals surface area contributed by atoms with E-state index in [9.17, 15) is 4.79 Å². The monoisotopic (exact) mass is 179 g/mol. The Morgan fingerprint density at radius 1 is 1.85 bits per heavy atom. The number of hydrogen-bond donors (Lipinski definition) is 1. The van der Waals surface area contributed by atoms with E-state index in [-0.39, 0.29) is 12.5 Å². The molecule has 1 heterocycles. The molecule has 0 saturated carbocycles. The highest BCUT2D eigenvalue weighted by atomic mass is 16.2. The SMILES string of the molecule is C=CCNC(=O)Cn1ccc(C)n1. The van der Waals surface area contributed by atoms with Crippen LogP contribution in [0.3, 0.4) is 0 Å². The predicted octanol–water partition coefficient (Wildman–Crippen LogP) is 0.494. The van der Waals surface area contributed by atoms with Crippen molar-refractivity contribution in [3.8, 4) is 0 Å². The zero-order valence-corrected chi connectivity index (χ0v) is 7.66. The van der Waals surface area contributed by atoms with Crippen molar-refractivity contribution in [1.82, 2.24) is 15.1 Å². The number of rotatable bonds is 4. The highest BCUT2D eigenvalue weighted by Crippen LogP contribution is 1.91. The van der Waals surface area contributed by atoms with Crippen LogP contribution in [0.2, 0.25) is 0 Å². The van der Waals surface area contributed by atoms with E-state index in [1.807, 2.05) is 13.0 Å². The molecular formula is C9H13N3O. The van der Waals surface area contributed by atoms with Gasteiger partial charge in [0.05, 0.1) is 5.69 Å². The molecule has 1 rings (SSSR count). The first-order valence-electron chi connectivity index (χ1n) is 4.10. The van der Waals surface area contributed by atoms with E-state index in [1.165, 1.54) is 0 Å². The summed E-state index contributed by atoms with van der Waals surface area (Å²) in [5.74, 6) is -0.0528. The molecule has 4 nitrogen and oxygen atoms in total. The molecule has 0 bridgehead atoms. The summed E-state index contributed by atoms with van der Waals surface area (Å²) in [6.07, 6.45) is 3.43. The molecule has 13 heavy (non-hydrogen) atoms. The Kier molecular flexibility index (Phi) is 3.25. The average molecular weight is 179 g/mol. The Balaban J connectivity index is 2.40. The maximum Gasteiger partial charge on any atom is 0.241 e. The van der Waals surface area contributed by atoms with Gasteiger partial charge in [0.1, 0.15) is 6.54 Å². The molecule has 0 aliphatic rings. The van der Waals surface area contributed by atoms with E-state index in [1.54, 1.807) is 17.0 Å². The molecule has 0 aliphatic carbocycles. The van der Waals surface area contributed by atoms with Crippen LogP contribution in [0.15, 0.2) is 24.9 Å². The van der Waals surface area contributed by atoms with E-state index >= 15 is 0 Å². The Bertz CT molecular complexity index is 304. The van der Waals surface area contributed by atoms with Gasteiger partial charge in [-0.25, -0.2) is 0 Å². The van der Waals surface area contributed by atoms with Gasteiger partial charge in [-0.2, -0.15) is 5.10 Å². The maximum absolute atomic E-state index is 11.2. The molecule has 0 radical (unpaired) electrons. The number of carbonyl (C=O) groups excluding carboxylic acids is 1. The van der Waals surface area contributed by atoms with E-state index in [0.717, 1.165) is 5.69 Å². The molecule has 0 unspecified atom stereocenters. The van der Waals surface area contributed by atoms with Crippen LogP contribution < -0.4 is 5.32 Å². The second-order valence-electron chi connectivity index (χ2n) is 2.75. The minimum absolute atomic E-state index is 0.0528. The summed E-state index contributed by atoms with van der Waals surface area (Å²) in [4.78, 5) is 11.2. The third kappa shape index (κ3) is 3.11. The predicted molar refractivity (Wildman–Crippen MR) is 50.2 cm³/mol. The fourth-order valence-corrected chi connectivity index (χ4v) is 0.940. The molecule has 0 aliphatic heterocycles. The lowest BCUT2D eigenvalue weighted by Crippen LogP contribution is -2.27. The number of aryl methyl sites for hydroxylation is 1. The number of hydrogen-bond acceptors (Lipinski definition) is 2. The van der Waals surface area contributed by atoms with Gasteiger partial charge in [-0.1, -0.05) is 6.08 Å². The lowest BCUT2D eigenvalue weighted by molar-refractivity contribution is -0.121. The quantitative estimate of drug-likeness (QED) is 0.684. The van der Waals surface area contributed by atoms with Gasteiger partial charge >= 0.3 is 0 Å². The minimum atomic E-state index is -0.0528. The van der Waals surface area contributed by atoms with E-state index < -0.39 is 0 Å². The van der Waals surface area contributed by atoms with Crippen molar-refractivity contribution < 1.29 is 4.79 Å². The van der Waals surface area contributed by atoms with Crippen LogP contribution in [0.5, 0.6) is 0 Å². The smallest absolute Gasteiger partial charge is 0.241 e.